The molecule has 0 unspecified atom stereocenters. The third-order valence-electron chi connectivity index (χ3n) is 6.86. The van der Waals surface area contributed by atoms with E-state index < -0.39 is 5.92 Å². The van der Waals surface area contributed by atoms with Crippen molar-refractivity contribution in [3.05, 3.63) is 29.7 Å². The summed E-state index contributed by atoms with van der Waals surface area (Å²) in [7, 11) is 0. The van der Waals surface area contributed by atoms with Crippen LogP contribution in [-0.4, -0.2) is 26.4 Å². The summed E-state index contributed by atoms with van der Waals surface area (Å²) in [4.78, 5) is 17.1. The normalized spacial score (nSPS) is 21.7. The number of nitrogens with zero attached hydrogens (tertiary/aromatic N) is 3. The number of carbonyl (C=O) groups is 1. The molecule has 170 valence electrons. The van der Waals surface area contributed by atoms with Gasteiger partial charge in [-0.05, 0) is 55.1 Å². The summed E-state index contributed by atoms with van der Waals surface area (Å²) in [5.41, 5.74) is 8.72. The molecule has 0 aromatic carbocycles. The summed E-state index contributed by atoms with van der Waals surface area (Å²) in [5, 5.41) is 7.72. The number of fused-ring (bicyclic) bond motifs is 1. The molecule has 0 bridgehead atoms. The molecule has 3 N–H and O–H groups in total. The van der Waals surface area contributed by atoms with Gasteiger partial charge >= 0.3 is 0 Å². The molecule has 2 aromatic rings. The molecule has 2 saturated carbocycles. The predicted molar refractivity (Wildman–Crippen MR) is 115 cm³/mol. The van der Waals surface area contributed by atoms with Crippen LogP contribution in [-0.2, 0) is 4.79 Å². The highest BCUT2D eigenvalue weighted by Crippen LogP contribution is 2.41. The van der Waals surface area contributed by atoms with Gasteiger partial charge in [-0.15, -0.1) is 0 Å². The zero-order chi connectivity index (χ0) is 22.2. The van der Waals surface area contributed by atoms with Crippen LogP contribution >= 0.6 is 0 Å². The maximum Gasteiger partial charge on any atom is 0.248 e. The van der Waals surface area contributed by atoms with Crippen molar-refractivity contribution in [1.82, 2.24) is 19.9 Å². The Balaban J connectivity index is 1.52. The second kappa shape index (κ2) is 8.81. The van der Waals surface area contributed by atoms with Crippen molar-refractivity contribution >= 4 is 11.6 Å². The molecule has 1 amide bonds. The van der Waals surface area contributed by atoms with Crippen LogP contribution in [0.2, 0.25) is 0 Å². The number of hydrogen-bond acceptors (Lipinski definition) is 4. The van der Waals surface area contributed by atoms with Crippen molar-refractivity contribution in [2.45, 2.75) is 83.2 Å². The number of rotatable bonds is 7. The Kier molecular flexibility index (Phi) is 6.28. The molecule has 8 heteroatoms. The quantitative estimate of drug-likeness (QED) is 0.670. The van der Waals surface area contributed by atoms with E-state index in [2.05, 4.69) is 15.4 Å². The van der Waals surface area contributed by atoms with Crippen LogP contribution in [0.4, 0.5) is 8.78 Å². The van der Waals surface area contributed by atoms with Gasteiger partial charge in [0.05, 0.1) is 30.2 Å². The maximum atomic E-state index is 13.5. The van der Waals surface area contributed by atoms with Crippen molar-refractivity contribution in [2.75, 3.05) is 0 Å². The average molecular weight is 434 g/mol. The number of hydrogen-bond donors (Lipinski definition) is 2. The molecule has 2 aliphatic carbocycles. The summed E-state index contributed by atoms with van der Waals surface area (Å²) in [6, 6.07) is 1.53. The van der Waals surface area contributed by atoms with E-state index in [-0.39, 0.29) is 36.8 Å². The number of imidazole rings is 1. The minimum atomic E-state index is -2.57. The van der Waals surface area contributed by atoms with E-state index >= 15 is 0 Å². The molecular formula is C23H33F2N5O. The van der Waals surface area contributed by atoms with E-state index in [0.29, 0.717) is 42.4 Å². The highest BCUT2D eigenvalue weighted by atomic mass is 19.3. The van der Waals surface area contributed by atoms with Gasteiger partial charge in [0.15, 0.2) is 5.65 Å². The van der Waals surface area contributed by atoms with E-state index in [0.717, 1.165) is 18.4 Å². The minimum Gasteiger partial charge on any atom is -0.349 e. The first-order valence-electron chi connectivity index (χ1n) is 11.5. The van der Waals surface area contributed by atoms with Gasteiger partial charge in [-0.2, -0.15) is 5.10 Å². The van der Waals surface area contributed by atoms with Crippen molar-refractivity contribution in [3.8, 4) is 0 Å². The summed E-state index contributed by atoms with van der Waals surface area (Å²) >= 11 is 0. The van der Waals surface area contributed by atoms with Gasteiger partial charge < -0.3 is 11.1 Å². The summed E-state index contributed by atoms with van der Waals surface area (Å²) in [6.07, 6.45) is 8.06. The van der Waals surface area contributed by atoms with Gasteiger partial charge in [0.1, 0.15) is 0 Å². The first-order valence-corrected chi connectivity index (χ1v) is 11.5. The van der Waals surface area contributed by atoms with Gasteiger partial charge in [-0.25, -0.2) is 18.3 Å². The number of amides is 1. The second-order valence-corrected chi connectivity index (χ2v) is 9.81. The number of alkyl halides is 2. The average Bonchev–Trinajstić information content (AvgIpc) is 3.08. The Bertz CT molecular complexity index is 914. The number of nitrogens with two attached hydrogens (primary N) is 1. The van der Waals surface area contributed by atoms with Crippen molar-refractivity contribution in [1.29, 1.82) is 0 Å². The van der Waals surface area contributed by atoms with E-state index in [1.807, 2.05) is 19.9 Å². The second-order valence-electron chi connectivity index (χ2n) is 9.81. The maximum absolute atomic E-state index is 13.5. The Morgan fingerprint density at radius 1 is 1.26 bits per heavy atom. The Hall–Kier alpha value is -2.09. The molecule has 2 aliphatic rings. The van der Waals surface area contributed by atoms with Crippen LogP contribution < -0.4 is 11.1 Å². The monoisotopic (exact) mass is 433 g/mol. The fourth-order valence-electron chi connectivity index (χ4n) is 4.75. The van der Waals surface area contributed by atoms with Crippen LogP contribution in [0.3, 0.4) is 0 Å². The molecule has 0 aliphatic heterocycles. The molecule has 4 rings (SSSR count). The van der Waals surface area contributed by atoms with Crippen molar-refractivity contribution in [2.24, 2.45) is 23.5 Å². The van der Waals surface area contributed by atoms with Gasteiger partial charge in [-0.3, -0.25) is 4.79 Å². The summed E-state index contributed by atoms with van der Waals surface area (Å²) in [5.74, 6) is -1.78. The third-order valence-corrected chi connectivity index (χ3v) is 6.86. The van der Waals surface area contributed by atoms with Gasteiger partial charge in [-0.1, -0.05) is 20.3 Å². The minimum absolute atomic E-state index is 0.00190. The molecule has 0 spiro atoms. The molecular weight excluding hydrogens is 400 g/mol. The van der Waals surface area contributed by atoms with Crippen molar-refractivity contribution in [3.63, 3.8) is 0 Å². The van der Waals surface area contributed by atoms with Crippen LogP contribution in [0.5, 0.6) is 0 Å². The van der Waals surface area contributed by atoms with Crippen LogP contribution in [0.1, 0.15) is 88.6 Å². The Morgan fingerprint density at radius 2 is 1.97 bits per heavy atom. The van der Waals surface area contributed by atoms with E-state index in [4.69, 9.17) is 5.73 Å². The van der Waals surface area contributed by atoms with Gasteiger partial charge in [0, 0.05) is 19.3 Å². The van der Waals surface area contributed by atoms with E-state index in [1.165, 1.54) is 6.42 Å². The fourth-order valence-corrected chi connectivity index (χ4v) is 4.75. The number of nitrogens with one attached hydrogen (secondary N) is 1. The largest absolute Gasteiger partial charge is 0.349 e. The zero-order valence-corrected chi connectivity index (χ0v) is 18.4. The van der Waals surface area contributed by atoms with Crippen LogP contribution in [0.25, 0.3) is 5.65 Å². The standard InChI is InChI=1S/C23H33F2N5O/c1-14(2)10-20(31)29-22(16-4-3-5-16)17-11-19-28-18(13-30(19)27-12-17)21(26)15-6-8-23(24,25)9-7-15/h11-16,21-22H,3-10,26H2,1-2H3,(H,29,31)/t21-,22+/m0/s1. The highest BCUT2D eigenvalue weighted by Gasteiger charge is 2.37. The van der Waals surface area contributed by atoms with Gasteiger partial charge in [0.2, 0.25) is 11.8 Å². The molecule has 2 atom stereocenters. The summed E-state index contributed by atoms with van der Waals surface area (Å²) < 4.78 is 28.7. The molecule has 31 heavy (non-hydrogen) atoms. The molecule has 2 aromatic heterocycles. The Labute approximate surface area is 182 Å². The zero-order valence-electron chi connectivity index (χ0n) is 18.4. The third kappa shape index (κ3) is 5.05. The van der Waals surface area contributed by atoms with Crippen LogP contribution in [0.15, 0.2) is 18.5 Å². The number of halogens is 2. The molecule has 2 fully saturated rings. The smallest absolute Gasteiger partial charge is 0.248 e. The fraction of sp³-hybridized carbons (Fsp3) is 0.696. The lowest BCUT2D eigenvalue weighted by atomic mass is 9.77. The topological polar surface area (TPSA) is 85.3 Å². The first kappa shape index (κ1) is 22.1. The number of carbonyl (C=O) groups excluding carboxylic acids is 1. The Morgan fingerprint density at radius 3 is 2.58 bits per heavy atom. The summed E-state index contributed by atoms with van der Waals surface area (Å²) in [6.45, 7) is 4.07. The molecule has 0 saturated heterocycles. The van der Waals surface area contributed by atoms with Crippen molar-refractivity contribution < 1.29 is 13.6 Å². The van der Waals surface area contributed by atoms with Crippen LogP contribution in [0, 0.1) is 17.8 Å². The molecule has 0 radical (unpaired) electrons. The predicted octanol–water partition coefficient (Wildman–Crippen LogP) is 4.56. The molecule has 6 nitrogen and oxygen atoms in total. The molecule has 2 heterocycles. The van der Waals surface area contributed by atoms with E-state index in [9.17, 15) is 13.6 Å². The van der Waals surface area contributed by atoms with Gasteiger partial charge in [0.25, 0.3) is 0 Å². The number of aromatic nitrogens is 3. The first-order chi connectivity index (χ1) is 14.7. The highest BCUT2D eigenvalue weighted by molar-refractivity contribution is 5.76. The SMILES string of the molecule is CC(C)CC(=O)N[C@@H](c1cnn2cc([C@@H](N)C3CCC(F)(F)CC3)nc2c1)C1CCC1. The lowest BCUT2D eigenvalue weighted by Crippen LogP contribution is -2.36. The lowest BCUT2D eigenvalue weighted by Gasteiger charge is -2.34. The van der Waals surface area contributed by atoms with E-state index in [1.54, 1.807) is 16.9 Å². The lowest BCUT2D eigenvalue weighted by molar-refractivity contribution is -0.123.